The topological polar surface area (TPSA) is 69.6 Å². The number of hydrogen-bond acceptors (Lipinski definition) is 2. The molecule has 0 saturated heterocycles. The van der Waals surface area contributed by atoms with E-state index < -0.39 is 24.4 Å². The van der Waals surface area contributed by atoms with Crippen molar-refractivity contribution in [2.45, 2.75) is 19.9 Å². The van der Waals surface area contributed by atoms with Crippen molar-refractivity contribution in [3.8, 4) is 0 Å². The van der Waals surface area contributed by atoms with Crippen molar-refractivity contribution in [2.75, 3.05) is 11.9 Å². The Morgan fingerprint density at radius 2 is 2.11 bits per heavy atom. The first-order valence-corrected chi connectivity index (χ1v) is 5.93. The highest BCUT2D eigenvalue weighted by atomic mass is 35.5. The van der Waals surface area contributed by atoms with Gasteiger partial charge >= 0.3 is 12.0 Å². The molecule has 0 radical (unpaired) electrons. The zero-order valence-electron chi connectivity index (χ0n) is 10.5. The summed E-state index contributed by atoms with van der Waals surface area (Å²) in [6.45, 7) is 2.90. The molecule has 1 rings (SSSR count). The number of carbonyl (C=O) groups excluding carboxylic acids is 1. The third-order valence-corrected chi connectivity index (χ3v) is 2.69. The molecule has 1 aromatic rings. The van der Waals surface area contributed by atoms with E-state index in [2.05, 4.69) is 5.32 Å². The lowest BCUT2D eigenvalue weighted by Crippen LogP contribution is -2.43. The molecule has 0 aliphatic carbocycles. The van der Waals surface area contributed by atoms with Gasteiger partial charge in [0.05, 0.1) is 10.7 Å². The van der Waals surface area contributed by atoms with Crippen LogP contribution in [0.3, 0.4) is 0 Å². The van der Waals surface area contributed by atoms with Gasteiger partial charge in [0.2, 0.25) is 0 Å². The van der Waals surface area contributed by atoms with Crippen molar-refractivity contribution in [1.29, 1.82) is 0 Å². The molecule has 104 valence electrons. The average molecular weight is 289 g/mol. The molecule has 0 bridgehead atoms. The second-order valence-electron chi connectivity index (χ2n) is 4.17. The number of carbonyl (C=O) groups is 2. The molecular formula is C12H14ClFN2O3. The number of halogens is 2. The third-order valence-electron chi connectivity index (χ3n) is 2.36. The Bertz CT molecular complexity index is 494. The number of hydrogen-bond donors (Lipinski definition) is 2. The minimum Gasteiger partial charge on any atom is -0.480 e. The predicted octanol–water partition coefficient (Wildman–Crippen LogP) is 2.81. The van der Waals surface area contributed by atoms with Crippen LogP contribution in [-0.2, 0) is 4.79 Å². The van der Waals surface area contributed by atoms with Gasteiger partial charge in [0.25, 0.3) is 0 Å². The highest BCUT2D eigenvalue weighted by Crippen LogP contribution is 2.22. The van der Waals surface area contributed by atoms with Crippen LogP contribution in [0.1, 0.15) is 13.8 Å². The van der Waals surface area contributed by atoms with E-state index in [4.69, 9.17) is 16.7 Å². The quantitative estimate of drug-likeness (QED) is 0.895. The number of carboxylic acid groups (broad SMARTS) is 1. The first-order chi connectivity index (χ1) is 8.81. The van der Waals surface area contributed by atoms with Crippen molar-refractivity contribution in [2.24, 2.45) is 0 Å². The molecule has 0 spiro atoms. The second kappa shape index (κ2) is 6.38. The summed E-state index contributed by atoms with van der Waals surface area (Å²) in [6.07, 6.45) is 0. The van der Waals surface area contributed by atoms with Crippen LogP contribution in [0.15, 0.2) is 18.2 Å². The van der Waals surface area contributed by atoms with Crippen LogP contribution in [0, 0.1) is 5.82 Å². The lowest BCUT2D eigenvalue weighted by atomic mass is 10.3. The fourth-order valence-corrected chi connectivity index (χ4v) is 1.58. The Hall–Kier alpha value is -1.82. The van der Waals surface area contributed by atoms with E-state index in [1.54, 1.807) is 13.8 Å². The zero-order valence-corrected chi connectivity index (χ0v) is 11.2. The first-order valence-electron chi connectivity index (χ1n) is 5.55. The molecule has 0 unspecified atom stereocenters. The van der Waals surface area contributed by atoms with Crippen molar-refractivity contribution >= 4 is 29.3 Å². The van der Waals surface area contributed by atoms with Crippen molar-refractivity contribution in [3.63, 3.8) is 0 Å². The van der Waals surface area contributed by atoms with Crippen LogP contribution in [0.5, 0.6) is 0 Å². The SMILES string of the molecule is CC(C)N(CC(=O)O)C(=O)Nc1cc(F)ccc1Cl. The first kappa shape index (κ1) is 15.2. The molecule has 1 aromatic carbocycles. The summed E-state index contributed by atoms with van der Waals surface area (Å²) in [5, 5.41) is 11.3. The third kappa shape index (κ3) is 4.40. The highest BCUT2D eigenvalue weighted by Gasteiger charge is 2.20. The molecule has 0 aliphatic rings. The summed E-state index contributed by atoms with van der Waals surface area (Å²) in [4.78, 5) is 23.7. The molecule has 0 atom stereocenters. The molecule has 0 aliphatic heterocycles. The largest absolute Gasteiger partial charge is 0.480 e. The Balaban J connectivity index is 2.87. The van der Waals surface area contributed by atoms with Gasteiger partial charge < -0.3 is 15.3 Å². The maximum atomic E-state index is 13.0. The fraction of sp³-hybridized carbons (Fsp3) is 0.333. The molecule has 19 heavy (non-hydrogen) atoms. The number of nitrogens with one attached hydrogen (secondary N) is 1. The van der Waals surface area contributed by atoms with Gasteiger partial charge in [-0.05, 0) is 32.0 Å². The van der Waals surface area contributed by atoms with Crippen LogP contribution >= 0.6 is 11.6 Å². The van der Waals surface area contributed by atoms with Gasteiger partial charge in [-0.3, -0.25) is 4.79 Å². The summed E-state index contributed by atoms with van der Waals surface area (Å²) in [5.74, 6) is -1.68. The van der Waals surface area contributed by atoms with Crippen LogP contribution in [0.25, 0.3) is 0 Å². The fourth-order valence-electron chi connectivity index (χ4n) is 1.41. The van der Waals surface area contributed by atoms with Gasteiger partial charge in [-0.1, -0.05) is 11.6 Å². The number of amides is 2. The molecule has 0 fully saturated rings. The number of urea groups is 1. The number of carboxylic acids is 1. The van der Waals surface area contributed by atoms with E-state index in [0.29, 0.717) is 0 Å². The number of nitrogens with zero attached hydrogens (tertiary/aromatic N) is 1. The summed E-state index contributed by atoms with van der Waals surface area (Å²) in [6, 6.07) is 2.58. The molecule has 7 heteroatoms. The number of anilines is 1. The van der Waals surface area contributed by atoms with E-state index in [1.807, 2.05) is 0 Å². The van der Waals surface area contributed by atoms with Crippen LogP contribution < -0.4 is 5.32 Å². The van der Waals surface area contributed by atoms with Crippen molar-refractivity contribution < 1.29 is 19.1 Å². The van der Waals surface area contributed by atoms with Gasteiger partial charge in [0.1, 0.15) is 12.4 Å². The van der Waals surface area contributed by atoms with Crippen LogP contribution in [0.4, 0.5) is 14.9 Å². The molecule has 2 N–H and O–H groups in total. The maximum Gasteiger partial charge on any atom is 0.323 e. The molecular weight excluding hydrogens is 275 g/mol. The summed E-state index contributed by atoms with van der Waals surface area (Å²) in [7, 11) is 0. The van der Waals surface area contributed by atoms with E-state index >= 15 is 0 Å². The van der Waals surface area contributed by atoms with Gasteiger partial charge in [-0.2, -0.15) is 0 Å². The van der Waals surface area contributed by atoms with E-state index in [9.17, 15) is 14.0 Å². The standard InChI is InChI=1S/C12H14ClFN2O3/c1-7(2)16(6-11(17)18)12(19)15-10-5-8(14)3-4-9(10)13/h3-5,7H,6H2,1-2H3,(H,15,19)(H,17,18). The predicted molar refractivity (Wildman–Crippen MR) is 69.9 cm³/mol. The van der Waals surface area contributed by atoms with Crippen LogP contribution in [0.2, 0.25) is 5.02 Å². The molecule has 0 heterocycles. The average Bonchev–Trinajstić information content (AvgIpc) is 2.30. The molecule has 0 saturated carbocycles. The van der Waals surface area contributed by atoms with Gasteiger partial charge in [-0.15, -0.1) is 0 Å². The summed E-state index contributed by atoms with van der Waals surface area (Å²) >= 11 is 5.81. The second-order valence-corrected chi connectivity index (χ2v) is 4.58. The summed E-state index contributed by atoms with van der Waals surface area (Å²) < 4.78 is 13.0. The molecule has 5 nitrogen and oxygen atoms in total. The lowest BCUT2D eigenvalue weighted by molar-refractivity contribution is -0.137. The monoisotopic (exact) mass is 288 g/mol. The Morgan fingerprint density at radius 3 is 2.63 bits per heavy atom. The summed E-state index contributed by atoms with van der Waals surface area (Å²) in [5.41, 5.74) is 0.0997. The van der Waals surface area contributed by atoms with Gasteiger partial charge in [0, 0.05) is 6.04 Å². The van der Waals surface area contributed by atoms with E-state index in [1.165, 1.54) is 6.07 Å². The van der Waals surface area contributed by atoms with Crippen LogP contribution in [-0.4, -0.2) is 34.6 Å². The Labute approximate surface area is 115 Å². The van der Waals surface area contributed by atoms with E-state index in [-0.39, 0.29) is 16.8 Å². The Kier molecular flexibility index (Phi) is 5.11. The highest BCUT2D eigenvalue weighted by molar-refractivity contribution is 6.33. The lowest BCUT2D eigenvalue weighted by Gasteiger charge is -2.25. The smallest absolute Gasteiger partial charge is 0.323 e. The number of rotatable bonds is 4. The van der Waals surface area contributed by atoms with Gasteiger partial charge in [-0.25, -0.2) is 9.18 Å². The Morgan fingerprint density at radius 1 is 1.47 bits per heavy atom. The minimum atomic E-state index is -1.13. The number of aliphatic carboxylic acids is 1. The zero-order chi connectivity index (χ0) is 14.6. The minimum absolute atomic E-state index is 0.0997. The maximum absolute atomic E-state index is 13.0. The normalized spacial score (nSPS) is 10.4. The van der Waals surface area contributed by atoms with Gasteiger partial charge in [0.15, 0.2) is 0 Å². The van der Waals surface area contributed by atoms with E-state index in [0.717, 1.165) is 17.0 Å². The molecule has 2 amide bonds. The van der Waals surface area contributed by atoms with Crippen molar-refractivity contribution in [1.82, 2.24) is 4.90 Å². The number of benzene rings is 1. The molecule has 0 aromatic heterocycles. The van der Waals surface area contributed by atoms with Crippen molar-refractivity contribution in [3.05, 3.63) is 29.0 Å².